The Morgan fingerprint density at radius 2 is 1.50 bits per heavy atom. The van der Waals surface area contributed by atoms with E-state index in [0.29, 0.717) is 5.56 Å². The van der Waals surface area contributed by atoms with Gasteiger partial charge in [-0.3, -0.25) is 4.79 Å². The number of hydrogen-bond acceptors (Lipinski definition) is 3. The van der Waals surface area contributed by atoms with Gasteiger partial charge in [-0.1, -0.05) is 72.8 Å². The van der Waals surface area contributed by atoms with Gasteiger partial charge in [0, 0.05) is 27.8 Å². The molecule has 4 heteroatoms. The van der Waals surface area contributed by atoms with Gasteiger partial charge in [0.15, 0.2) is 0 Å². The summed E-state index contributed by atoms with van der Waals surface area (Å²) in [6, 6.07) is 31.7. The van der Waals surface area contributed by atoms with Crippen LogP contribution in [-0.4, -0.2) is 10.9 Å². The van der Waals surface area contributed by atoms with Gasteiger partial charge in [-0.25, -0.2) is 4.98 Å². The van der Waals surface area contributed by atoms with Crippen LogP contribution in [0, 0.1) is 0 Å². The molecular weight excluding hydrogens is 388 g/mol. The van der Waals surface area contributed by atoms with Crippen molar-refractivity contribution < 1.29 is 4.79 Å². The fourth-order valence-electron chi connectivity index (χ4n) is 3.41. The Morgan fingerprint density at radius 1 is 0.733 bits per heavy atom. The van der Waals surface area contributed by atoms with Crippen molar-refractivity contribution in [2.75, 3.05) is 5.32 Å². The third kappa shape index (κ3) is 3.73. The number of amides is 1. The predicted molar refractivity (Wildman–Crippen MR) is 125 cm³/mol. The largest absolute Gasteiger partial charge is 0.322 e. The van der Waals surface area contributed by atoms with Gasteiger partial charge in [-0.15, -0.1) is 11.3 Å². The lowest BCUT2D eigenvalue weighted by molar-refractivity contribution is 0.102. The van der Waals surface area contributed by atoms with Crippen LogP contribution in [0.1, 0.15) is 10.4 Å². The summed E-state index contributed by atoms with van der Waals surface area (Å²) in [6.07, 6.45) is 0. The number of carbonyl (C=O) groups excluding carboxylic acids is 1. The van der Waals surface area contributed by atoms with Crippen LogP contribution in [0.15, 0.2) is 102 Å². The second-order valence-electron chi connectivity index (χ2n) is 7.00. The van der Waals surface area contributed by atoms with E-state index in [0.717, 1.165) is 38.3 Å². The normalized spacial score (nSPS) is 10.8. The first-order valence-corrected chi connectivity index (χ1v) is 10.6. The number of nitrogens with zero attached hydrogens (tertiary/aromatic N) is 1. The van der Waals surface area contributed by atoms with Crippen LogP contribution in [0.2, 0.25) is 0 Å². The second-order valence-corrected chi connectivity index (χ2v) is 7.86. The quantitative estimate of drug-likeness (QED) is 0.353. The first-order chi connectivity index (χ1) is 14.8. The van der Waals surface area contributed by atoms with Crippen LogP contribution < -0.4 is 5.32 Å². The van der Waals surface area contributed by atoms with Crippen LogP contribution in [0.3, 0.4) is 0 Å². The van der Waals surface area contributed by atoms with E-state index in [1.807, 2.05) is 90.3 Å². The third-order valence-corrected chi connectivity index (χ3v) is 5.84. The third-order valence-electron chi connectivity index (χ3n) is 4.95. The first kappa shape index (κ1) is 18.3. The van der Waals surface area contributed by atoms with Crippen molar-refractivity contribution in [1.29, 1.82) is 0 Å². The zero-order chi connectivity index (χ0) is 20.3. The smallest absolute Gasteiger partial charge is 0.255 e. The minimum atomic E-state index is -0.124. The molecule has 0 unspecified atom stereocenters. The zero-order valence-corrected chi connectivity index (χ0v) is 16.9. The Bertz CT molecular complexity index is 1340. The van der Waals surface area contributed by atoms with Gasteiger partial charge in [0.25, 0.3) is 5.91 Å². The number of rotatable bonds is 4. The lowest BCUT2D eigenvalue weighted by Crippen LogP contribution is -2.11. The molecule has 5 rings (SSSR count). The van der Waals surface area contributed by atoms with Crippen molar-refractivity contribution in [2.45, 2.75) is 0 Å². The number of benzene rings is 4. The van der Waals surface area contributed by atoms with Gasteiger partial charge in [-0.05, 0) is 35.0 Å². The van der Waals surface area contributed by atoms with E-state index in [-0.39, 0.29) is 5.91 Å². The summed E-state index contributed by atoms with van der Waals surface area (Å²) in [7, 11) is 0. The maximum Gasteiger partial charge on any atom is 0.255 e. The summed E-state index contributed by atoms with van der Waals surface area (Å²) in [5, 5.41) is 8.21. The van der Waals surface area contributed by atoms with Crippen LogP contribution in [0.5, 0.6) is 0 Å². The molecule has 0 atom stereocenters. The highest BCUT2D eigenvalue weighted by atomic mass is 32.1. The van der Waals surface area contributed by atoms with E-state index < -0.39 is 0 Å². The van der Waals surface area contributed by atoms with E-state index in [4.69, 9.17) is 4.98 Å². The number of aromatic nitrogens is 1. The summed E-state index contributed by atoms with van der Waals surface area (Å²) in [6.45, 7) is 0. The van der Waals surface area contributed by atoms with E-state index in [1.54, 1.807) is 11.3 Å². The molecule has 0 bridgehead atoms. The number of carbonyl (C=O) groups is 1. The Labute approximate surface area is 178 Å². The molecule has 1 aromatic heterocycles. The molecule has 1 amide bonds. The molecule has 5 aromatic rings. The molecule has 1 heterocycles. The molecule has 0 spiro atoms. The minimum Gasteiger partial charge on any atom is -0.322 e. The lowest BCUT2D eigenvalue weighted by Gasteiger charge is -2.08. The molecule has 3 nitrogen and oxygen atoms in total. The van der Waals surface area contributed by atoms with Gasteiger partial charge in [0.05, 0.1) is 5.69 Å². The Morgan fingerprint density at radius 3 is 2.37 bits per heavy atom. The van der Waals surface area contributed by atoms with Gasteiger partial charge in [0.1, 0.15) is 5.01 Å². The standard InChI is InChI=1S/C26H18N2OS/c29-25(22-14-13-18-7-4-5-10-20(18)15-22)27-23-12-6-11-21(16-23)24-17-30-26(28-24)19-8-2-1-3-9-19/h1-17H,(H,27,29). The molecule has 144 valence electrons. The van der Waals surface area contributed by atoms with E-state index in [1.165, 1.54) is 0 Å². The van der Waals surface area contributed by atoms with Crippen molar-refractivity contribution in [3.8, 4) is 21.8 Å². The highest BCUT2D eigenvalue weighted by Gasteiger charge is 2.10. The topological polar surface area (TPSA) is 42.0 Å². The molecule has 0 radical (unpaired) electrons. The minimum absolute atomic E-state index is 0.124. The molecule has 30 heavy (non-hydrogen) atoms. The van der Waals surface area contributed by atoms with Gasteiger partial charge < -0.3 is 5.32 Å². The van der Waals surface area contributed by atoms with Crippen molar-refractivity contribution >= 4 is 33.7 Å². The van der Waals surface area contributed by atoms with E-state index in [9.17, 15) is 4.79 Å². The average molecular weight is 407 g/mol. The molecule has 0 saturated heterocycles. The maximum atomic E-state index is 12.8. The number of hydrogen-bond donors (Lipinski definition) is 1. The summed E-state index contributed by atoms with van der Waals surface area (Å²) >= 11 is 1.62. The first-order valence-electron chi connectivity index (χ1n) is 9.68. The number of anilines is 1. The summed E-state index contributed by atoms with van der Waals surface area (Å²) in [5.41, 5.74) is 4.37. The van der Waals surface area contributed by atoms with Crippen LogP contribution >= 0.6 is 11.3 Å². The van der Waals surface area contributed by atoms with Crippen molar-refractivity contribution in [3.05, 3.63) is 108 Å². The SMILES string of the molecule is O=C(Nc1cccc(-c2csc(-c3ccccc3)n2)c1)c1ccc2ccccc2c1. The van der Waals surface area contributed by atoms with Crippen LogP contribution in [0.25, 0.3) is 32.6 Å². The highest BCUT2D eigenvalue weighted by Crippen LogP contribution is 2.30. The van der Waals surface area contributed by atoms with Crippen molar-refractivity contribution in [3.63, 3.8) is 0 Å². The van der Waals surface area contributed by atoms with Gasteiger partial charge >= 0.3 is 0 Å². The van der Waals surface area contributed by atoms with Crippen molar-refractivity contribution in [2.24, 2.45) is 0 Å². The fourth-order valence-corrected chi connectivity index (χ4v) is 4.25. The van der Waals surface area contributed by atoms with Gasteiger partial charge in [0.2, 0.25) is 0 Å². The average Bonchev–Trinajstić information content (AvgIpc) is 3.30. The predicted octanol–water partition coefficient (Wildman–Crippen LogP) is 6.88. The Balaban J connectivity index is 1.38. The Hall–Kier alpha value is -3.76. The molecule has 1 N–H and O–H groups in total. The van der Waals surface area contributed by atoms with Crippen molar-refractivity contribution in [1.82, 2.24) is 4.98 Å². The number of nitrogens with one attached hydrogen (secondary N) is 1. The van der Waals surface area contributed by atoms with Crippen LogP contribution in [0.4, 0.5) is 5.69 Å². The van der Waals surface area contributed by atoms with Gasteiger partial charge in [-0.2, -0.15) is 0 Å². The number of thiazole rings is 1. The highest BCUT2D eigenvalue weighted by molar-refractivity contribution is 7.13. The Kier molecular flexibility index (Phi) is 4.83. The maximum absolute atomic E-state index is 12.8. The monoisotopic (exact) mass is 406 g/mol. The van der Waals surface area contributed by atoms with Crippen LogP contribution in [-0.2, 0) is 0 Å². The molecule has 4 aromatic carbocycles. The lowest BCUT2D eigenvalue weighted by atomic mass is 10.1. The molecule has 0 aliphatic heterocycles. The molecule has 0 aliphatic rings. The summed E-state index contributed by atoms with van der Waals surface area (Å²) < 4.78 is 0. The number of fused-ring (bicyclic) bond motifs is 1. The van der Waals surface area contributed by atoms with E-state index >= 15 is 0 Å². The molecule has 0 fully saturated rings. The fraction of sp³-hybridized carbons (Fsp3) is 0. The molecule has 0 saturated carbocycles. The second kappa shape index (κ2) is 7.93. The summed E-state index contributed by atoms with van der Waals surface area (Å²) in [4.78, 5) is 17.5. The zero-order valence-electron chi connectivity index (χ0n) is 16.1. The molecule has 0 aliphatic carbocycles. The molecular formula is C26H18N2OS. The van der Waals surface area contributed by atoms with E-state index in [2.05, 4.69) is 17.4 Å². The summed E-state index contributed by atoms with van der Waals surface area (Å²) in [5.74, 6) is -0.124.